The Bertz CT molecular complexity index is 1590. The lowest BCUT2D eigenvalue weighted by molar-refractivity contribution is -0.139. The van der Waals surface area contributed by atoms with Crippen LogP contribution < -0.4 is 5.32 Å². The molecule has 1 aliphatic carbocycles. The summed E-state index contributed by atoms with van der Waals surface area (Å²) >= 11 is 12.7. The fourth-order valence-corrected chi connectivity index (χ4v) is 5.90. The van der Waals surface area contributed by atoms with Gasteiger partial charge in [0.25, 0.3) is 5.91 Å². The average molecular weight is 598 g/mol. The van der Waals surface area contributed by atoms with Gasteiger partial charge >= 0.3 is 5.97 Å². The Kier molecular flexibility index (Phi) is 8.71. The highest BCUT2D eigenvalue weighted by atomic mass is 35.5. The molecule has 5 rings (SSSR count). The van der Waals surface area contributed by atoms with E-state index in [0.717, 1.165) is 30.5 Å². The van der Waals surface area contributed by atoms with Gasteiger partial charge in [-0.1, -0.05) is 53.9 Å². The van der Waals surface area contributed by atoms with E-state index in [-0.39, 0.29) is 23.8 Å². The van der Waals surface area contributed by atoms with Crippen LogP contribution in [0.25, 0.3) is 5.69 Å². The topological polar surface area (TPSA) is 84.2 Å². The van der Waals surface area contributed by atoms with Crippen molar-refractivity contribution in [3.63, 3.8) is 0 Å². The zero-order chi connectivity index (χ0) is 29.1. The van der Waals surface area contributed by atoms with Gasteiger partial charge in [0.05, 0.1) is 16.4 Å². The van der Waals surface area contributed by atoms with E-state index in [0.29, 0.717) is 39.7 Å². The van der Waals surface area contributed by atoms with Gasteiger partial charge in [-0.15, -0.1) is 0 Å². The fraction of sp³-hybridized carbons (Fsp3) is 0.258. The maximum Gasteiger partial charge on any atom is 0.326 e. The number of carboxylic acid groups (broad SMARTS) is 1. The van der Waals surface area contributed by atoms with Gasteiger partial charge in [-0.25, -0.2) is 18.3 Å². The number of halogens is 4. The molecule has 2 atom stereocenters. The molecular formula is C31H27Cl2F2N3O3. The zero-order valence-corrected chi connectivity index (χ0v) is 23.4. The third-order valence-electron chi connectivity index (χ3n) is 7.32. The Balaban J connectivity index is 1.56. The minimum Gasteiger partial charge on any atom is -0.480 e. The summed E-state index contributed by atoms with van der Waals surface area (Å²) in [5.74, 6) is -2.73. The number of nitrogens with zero attached hydrogens (tertiary/aromatic N) is 2. The molecular weight excluding hydrogens is 571 g/mol. The van der Waals surface area contributed by atoms with Crippen molar-refractivity contribution in [3.8, 4) is 5.69 Å². The van der Waals surface area contributed by atoms with Crippen LogP contribution in [0.5, 0.6) is 0 Å². The first-order valence-corrected chi connectivity index (χ1v) is 14.0. The predicted octanol–water partition coefficient (Wildman–Crippen LogP) is 6.94. The van der Waals surface area contributed by atoms with Crippen LogP contribution in [-0.2, 0) is 24.1 Å². The van der Waals surface area contributed by atoms with E-state index in [1.165, 1.54) is 36.4 Å². The predicted molar refractivity (Wildman–Crippen MR) is 153 cm³/mol. The van der Waals surface area contributed by atoms with Crippen LogP contribution >= 0.6 is 23.2 Å². The lowest BCUT2D eigenvalue weighted by Gasteiger charge is -2.19. The molecule has 0 fully saturated rings. The lowest BCUT2D eigenvalue weighted by Crippen LogP contribution is -2.42. The van der Waals surface area contributed by atoms with Crippen molar-refractivity contribution in [2.75, 3.05) is 0 Å². The van der Waals surface area contributed by atoms with Crippen LogP contribution in [0, 0.1) is 11.6 Å². The number of carboxylic acids is 1. The number of fused-ring (bicyclic) bond motifs is 1. The molecule has 2 N–H and O–H groups in total. The quantitative estimate of drug-likeness (QED) is 0.216. The molecule has 0 saturated carbocycles. The summed E-state index contributed by atoms with van der Waals surface area (Å²) in [5.41, 5.74) is 3.51. The van der Waals surface area contributed by atoms with E-state index in [1.54, 1.807) is 28.9 Å². The van der Waals surface area contributed by atoms with Crippen molar-refractivity contribution in [1.29, 1.82) is 0 Å². The van der Waals surface area contributed by atoms with Crippen LogP contribution in [0.2, 0.25) is 10.0 Å². The minimum atomic E-state index is -1.26. The maximum atomic E-state index is 14.0. The summed E-state index contributed by atoms with van der Waals surface area (Å²) in [4.78, 5) is 25.8. The van der Waals surface area contributed by atoms with Crippen molar-refractivity contribution in [2.45, 2.75) is 50.5 Å². The first kappa shape index (κ1) is 28.8. The minimum absolute atomic E-state index is 0.0323. The summed E-state index contributed by atoms with van der Waals surface area (Å²) < 4.78 is 29.0. The molecule has 6 nitrogen and oxygen atoms in total. The summed E-state index contributed by atoms with van der Waals surface area (Å²) in [7, 11) is 0. The Morgan fingerprint density at radius 1 is 1.00 bits per heavy atom. The third-order valence-corrected chi connectivity index (χ3v) is 7.86. The van der Waals surface area contributed by atoms with Crippen LogP contribution in [-0.4, -0.2) is 32.8 Å². The first-order valence-electron chi connectivity index (χ1n) is 13.3. The standard InChI is InChI=1S/C31H27Cl2F2N3O3/c32-21-10-13-27(25(33)17-21)38-29-20(14-19-4-3-6-23(35)15-19)5-1-2-7-24(29)28(37-38)30(39)36-26(31(40)41)16-18-8-11-22(34)12-9-18/h3-4,6,8-13,15,17,20,26H,1-2,5,7,14,16H2,(H,36,39)(H,40,41)/t20-,26+/m0/s1. The Labute approximate surface area is 245 Å². The number of nitrogens with one attached hydrogen (secondary N) is 1. The normalized spacial score (nSPS) is 15.6. The van der Waals surface area contributed by atoms with Gasteiger partial charge in [0.15, 0.2) is 5.69 Å². The van der Waals surface area contributed by atoms with Crippen LogP contribution in [0.3, 0.4) is 0 Å². The lowest BCUT2D eigenvalue weighted by atomic mass is 9.90. The van der Waals surface area contributed by atoms with E-state index in [1.807, 2.05) is 6.07 Å². The molecule has 3 aromatic carbocycles. The van der Waals surface area contributed by atoms with Crippen LogP contribution in [0.4, 0.5) is 8.78 Å². The van der Waals surface area contributed by atoms with Gasteiger partial charge in [0.2, 0.25) is 0 Å². The molecule has 0 bridgehead atoms. The first-order chi connectivity index (χ1) is 19.7. The number of rotatable bonds is 8. The van der Waals surface area contributed by atoms with Crippen molar-refractivity contribution < 1.29 is 23.5 Å². The highest BCUT2D eigenvalue weighted by Gasteiger charge is 2.32. The smallest absolute Gasteiger partial charge is 0.326 e. The molecule has 0 unspecified atom stereocenters. The van der Waals surface area contributed by atoms with E-state index >= 15 is 0 Å². The van der Waals surface area contributed by atoms with Crippen molar-refractivity contribution in [3.05, 3.63) is 116 Å². The summed E-state index contributed by atoms with van der Waals surface area (Å²) in [6, 6.07) is 15.6. The molecule has 4 aromatic rings. The van der Waals surface area contributed by atoms with Gasteiger partial charge in [-0.3, -0.25) is 4.79 Å². The van der Waals surface area contributed by atoms with Crippen LogP contribution in [0.15, 0.2) is 66.7 Å². The Morgan fingerprint density at radius 3 is 2.49 bits per heavy atom. The number of hydrogen-bond donors (Lipinski definition) is 2. The van der Waals surface area contributed by atoms with Crippen molar-refractivity contribution >= 4 is 35.1 Å². The molecule has 212 valence electrons. The van der Waals surface area contributed by atoms with Gasteiger partial charge in [-0.05, 0) is 79.3 Å². The number of carbonyl (C=O) groups is 2. The number of aliphatic carboxylic acids is 1. The average Bonchev–Trinajstić information content (AvgIpc) is 3.18. The summed E-state index contributed by atoms with van der Waals surface area (Å²) in [6.45, 7) is 0. The monoisotopic (exact) mass is 597 g/mol. The van der Waals surface area contributed by atoms with E-state index in [4.69, 9.17) is 28.3 Å². The summed E-state index contributed by atoms with van der Waals surface area (Å²) in [6.07, 6.45) is 3.50. The molecule has 1 aliphatic rings. The van der Waals surface area contributed by atoms with Gasteiger partial charge in [0.1, 0.15) is 17.7 Å². The Morgan fingerprint density at radius 2 is 1.78 bits per heavy atom. The zero-order valence-electron chi connectivity index (χ0n) is 21.9. The molecule has 0 spiro atoms. The van der Waals surface area contributed by atoms with Gasteiger partial charge in [0, 0.05) is 22.9 Å². The van der Waals surface area contributed by atoms with E-state index in [2.05, 4.69) is 5.32 Å². The largest absolute Gasteiger partial charge is 0.480 e. The van der Waals surface area contributed by atoms with Crippen LogP contribution in [0.1, 0.15) is 58.1 Å². The summed E-state index contributed by atoms with van der Waals surface area (Å²) in [5, 5.41) is 18.0. The highest BCUT2D eigenvalue weighted by molar-refractivity contribution is 6.35. The highest BCUT2D eigenvalue weighted by Crippen LogP contribution is 2.38. The molecule has 0 radical (unpaired) electrons. The van der Waals surface area contributed by atoms with Gasteiger partial charge in [-0.2, -0.15) is 5.10 Å². The number of benzene rings is 3. The SMILES string of the molecule is O=C(N[C@H](Cc1ccc(F)cc1)C(=O)O)c1nn(-c2ccc(Cl)cc2Cl)c2c1CCCC[C@H]2Cc1cccc(F)c1. The number of aromatic nitrogens is 2. The molecule has 0 aliphatic heterocycles. The molecule has 1 heterocycles. The molecule has 10 heteroatoms. The number of amides is 1. The second-order valence-electron chi connectivity index (χ2n) is 10.2. The maximum absolute atomic E-state index is 14.0. The molecule has 1 aromatic heterocycles. The number of carbonyl (C=O) groups excluding carboxylic acids is 1. The fourth-order valence-electron chi connectivity index (χ4n) is 5.41. The number of hydrogen-bond acceptors (Lipinski definition) is 3. The molecule has 41 heavy (non-hydrogen) atoms. The second kappa shape index (κ2) is 12.4. The van der Waals surface area contributed by atoms with Gasteiger partial charge < -0.3 is 10.4 Å². The third kappa shape index (κ3) is 6.60. The molecule has 1 amide bonds. The van der Waals surface area contributed by atoms with Crippen molar-refractivity contribution in [1.82, 2.24) is 15.1 Å². The molecule has 0 saturated heterocycles. The van der Waals surface area contributed by atoms with E-state index in [9.17, 15) is 23.5 Å². The second-order valence-corrected chi connectivity index (χ2v) is 11.0. The Hall–Kier alpha value is -3.75. The van der Waals surface area contributed by atoms with E-state index < -0.39 is 23.7 Å². The van der Waals surface area contributed by atoms with Crippen molar-refractivity contribution in [2.24, 2.45) is 0 Å².